The SMILES string of the molecule is O=C=C1CCNC(=C=O)N1. The molecule has 0 aliphatic carbocycles. The van der Waals surface area contributed by atoms with Gasteiger partial charge in [0, 0.05) is 13.0 Å². The molecule has 0 amide bonds. The van der Waals surface area contributed by atoms with Crippen LogP contribution in [0.1, 0.15) is 6.42 Å². The van der Waals surface area contributed by atoms with E-state index in [-0.39, 0.29) is 5.82 Å². The highest BCUT2D eigenvalue weighted by Gasteiger charge is 2.08. The second-order valence-corrected chi connectivity index (χ2v) is 1.86. The van der Waals surface area contributed by atoms with Gasteiger partial charge in [0.05, 0.1) is 0 Å². The molecule has 0 aromatic heterocycles. The predicted molar refractivity (Wildman–Crippen MR) is 34.2 cm³/mol. The van der Waals surface area contributed by atoms with Crippen molar-refractivity contribution >= 4 is 11.9 Å². The van der Waals surface area contributed by atoms with Crippen LogP contribution in [0.4, 0.5) is 0 Å². The largest absolute Gasteiger partial charge is 0.362 e. The Morgan fingerprint density at radius 3 is 2.70 bits per heavy atom. The van der Waals surface area contributed by atoms with Crippen LogP contribution < -0.4 is 10.6 Å². The van der Waals surface area contributed by atoms with Crippen molar-refractivity contribution in [1.82, 2.24) is 10.6 Å². The average molecular weight is 138 g/mol. The molecule has 1 rings (SSSR count). The van der Waals surface area contributed by atoms with Crippen molar-refractivity contribution in [2.75, 3.05) is 6.54 Å². The maximum atomic E-state index is 10.0. The maximum absolute atomic E-state index is 10.0. The first-order chi connectivity index (χ1) is 4.86. The van der Waals surface area contributed by atoms with Gasteiger partial charge in [-0.05, 0) is 0 Å². The highest BCUT2D eigenvalue weighted by atomic mass is 16.1. The summed E-state index contributed by atoms with van der Waals surface area (Å²) in [7, 11) is 0. The van der Waals surface area contributed by atoms with E-state index >= 15 is 0 Å². The van der Waals surface area contributed by atoms with Gasteiger partial charge < -0.3 is 10.6 Å². The van der Waals surface area contributed by atoms with E-state index < -0.39 is 0 Å². The van der Waals surface area contributed by atoms with Crippen LogP contribution in [0.3, 0.4) is 0 Å². The minimum atomic E-state index is 0.213. The molecule has 52 valence electrons. The van der Waals surface area contributed by atoms with Crippen molar-refractivity contribution in [2.24, 2.45) is 0 Å². The molecular weight excluding hydrogens is 132 g/mol. The third kappa shape index (κ3) is 1.26. The second kappa shape index (κ2) is 2.87. The third-order valence-electron chi connectivity index (χ3n) is 1.18. The van der Waals surface area contributed by atoms with E-state index in [1.807, 2.05) is 0 Å². The number of rotatable bonds is 0. The summed E-state index contributed by atoms with van der Waals surface area (Å²) in [5.41, 5.74) is 0.400. The first kappa shape index (κ1) is 6.62. The van der Waals surface area contributed by atoms with E-state index in [0.29, 0.717) is 18.7 Å². The molecule has 1 aliphatic rings. The zero-order valence-corrected chi connectivity index (χ0v) is 5.23. The molecule has 1 heterocycles. The van der Waals surface area contributed by atoms with Crippen LogP contribution in [0.25, 0.3) is 0 Å². The molecule has 0 aromatic rings. The molecule has 0 unspecified atom stereocenters. The normalized spacial score (nSPS) is 16.4. The lowest BCUT2D eigenvalue weighted by Crippen LogP contribution is -2.34. The zero-order valence-electron chi connectivity index (χ0n) is 5.23. The minimum Gasteiger partial charge on any atom is -0.362 e. The van der Waals surface area contributed by atoms with Gasteiger partial charge in [-0.3, -0.25) is 0 Å². The Balaban J connectivity index is 2.74. The monoisotopic (exact) mass is 138 g/mol. The maximum Gasteiger partial charge on any atom is 0.191 e. The Bertz CT molecular complexity index is 210. The van der Waals surface area contributed by atoms with Crippen LogP contribution in [-0.2, 0) is 9.59 Å². The summed E-state index contributed by atoms with van der Waals surface area (Å²) in [5.74, 6) is 3.51. The molecule has 1 fully saturated rings. The van der Waals surface area contributed by atoms with Crippen LogP contribution in [0, 0.1) is 0 Å². The van der Waals surface area contributed by atoms with Gasteiger partial charge in [-0.1, -0.05) is 0 Å². The van der Waals surface area contributed by atoms with E-state index in [4.69, 9.17) is 0 Å². The summed E-state index contributed by atoms with van der Waals surface area (Å²) < 4.78 is 0. The fraction of sp³-hybridized carbons (Fsp3) is 0.333. The molecule has 0 aromatic carbocycles. The Hall–Kier alpha value is -1.50. The molecule has 0 spiro atoms. The third-order valence-corrected chi connectivity index (χ3v) is 1.18. The first-order valence-electron chi connectivity index (χ1n) is 2.87. The van der Waals surface area contributed by atoms with Crippen LogP contribution in [0.15, 0.2) is 11.5 Å². The van der Waals surface area contributed by atoms with Gasteiger partial charge in [-0.15, -0.1) is 0 Å². The van der Waals surface area contributed by atoms with Crippen molar-refractivity contribution in [1.29, 1.82) is 0 Å². The van der Waals surface area contributed by atoms with Gasteiger partial charge in [-0.2, -0.15) is 0 Å². The van der Waals surface area contributed by atoms with Gasteiger partial charge in [-0.25, -0.2) is 9.59 Å². The quantitative estimate of drug-likeness (QED) is 0.420. The van der Waals surface area contributed by atoms with Crippen molar-refractivity contribution in [3.05, 3.63) is 11.5 Å². The van der Waals surface area contributed by atoms with Crippen LogP contribution >= 0.6 is 0 Å². The lowest BCUT2D eigenvalue weighted by Gasteiger charge is -2.15. The predicted octanol–water partition coefficient (Wildman–Crippen LogP) is -1.04. The van der Waals surface area contributed by atoms with Crippen molar-refractivity contribution < 1.29 is 9.59 Å². The molecular formula is C6H6N2O2. The van der Waals surface area contributed by atoms with E-state index in [1.165, 1.54) is 0 Å². The number of nitrogens with one attached hydrogen (secondary N) is 2. The molecule has 1 aliphatic heterocycles. The molecule has 4 nitrogen and oxygen atoms in total. The summed E-state index contributed by atoms with van der Waals surface area (Å²) in [4.78, 5) is 20.0. The average Bonchev–Trinajstić information content (AvgIpc) is 2.05. The first-order valence-corrected chi connectivity index (χ1v) is 2.87. The number of hydrogen-bond acceptors (Lipinski definition) is 4. The molecule has 1 saturated heterocycles. The molecule has 0 atom stereocenters. The fourth-order valence-corrected chi connectivity index (χ4v) is 0.708. The van der Waals surface area contributed by atoms with E-state index in [0.717, 1.165) is 0 Å². The summed E-state index contributed by atoms with van der Waals surface area (Å²) in [6.45, 7) is 0.585. The highest BCUT2D eigenvalue weighted by molar-refractivity contribution is 5.58. The van der Waals surface area contributed by atoms with Gasteiger partial charge in [0.2, 0.25) is 0 Å². The summed E-state index contributed by atoms with van der Waals surface area (Å²) in [5, 5.41) is 5.24. The van der Waals surface area contributed by atoms with Gasteiger partial charge in [0.15, 0.2) is 11.8 Å². The van der Waals surface area contributed by atoms with Gasteiger partial charge in [0.25, 0.3) is 0 Å². The second-order valence-electron chi connectivity index (χ2n) is 1.86. The molecule has 10 heavy (non-hydrogen) atoms. The zero-order chi connectivity index (χ0) is 7.40. The molecule has 0 saturated carbocycles. The lowest BCUT2D eigenvalue weighted by atomic mass is 10.3. The van der Waals surface area contributed by atoms with E-state index in [9.17, 15) is 9.59 Å². The number of hydrogen-bond donors (Lipinski definition) is 2. The topological polar surface area (TPSA) is 58.2 Å². The standard InChI is InChI=1S/C6H6N2O2/c9-3-5-1-2-7-6(4-10)8-5/h7-8H,1-2H2. The van der Waals surface area contributed by atoms with E-state index in [1.54, 1.807) is 11.9 Å². The smallest absolute Gasteiger partial charge is 0.191 e. The molecule has 4 heteroatoms. The summed E-state index contributed by atoms with van der Waals surface area (Å²) in [6.07, 6.45) is 0.578. The highest BCUT2D eigenvalue weighted by Crippen LogP contribution is 1.97. The Morgan fingerprint density at radius 1 is 1.30 bits per heavy atom. The summed E-state index contributed by atoms with van der Waals surface area (Å²) >= 11 is 0. The fourth-order valence-electron chi connectivity index (χ4n) is 0.708. The van der Waals surface area contributed by atoms with Gasteiger partial charge in [0.1, 0.15) is 11.6 Å². The minimum absolute atomic E-state index is 0.213. The van der Waals surface area contributed by atoms with E-state index in [2.05, 4.69) is 10.6 Å². The van der Waals surface area contributed by atoms with Crippen LogP contribution in [-0.4, -0.2) is 18.4 Å². The summed E-state index contributed by atoms with van der Waals surface area (Å²) in [6, 6.07) is 0. The van der Waals surface area contributed by atoms with Crippen LogP contribution in [0.2, 0.25) is 0 Å². The Kier molecular flexibility index (Phi) is 1.90. The van der Waals surface area contributed by atoms with Crippen molar-refractivity contribution in [3.8, 4) is 0 Å². The van der Waals surface area contributed by atoms with Crippen molar-refractivity contribution in [3.63, 3.8) is 0 Å². The lowest BCUT2D eigenvalue weighted by molar-refractivity contribution is 0.548. The van der Waals surface area contributed by atoms with Crippen molar-refractivity contribution in [2.45, 2.75) is 6.42 Å². The molecule has 0 radical (unpaired) electrons. The van der Waals surface area contributed by atoms with Gasteiger partial charge >= 0.3 is 0 Å². The number of carbonyl (C=O) groups excluding carboxylic acids is 2. The Labute approximate surface area is 57.6 Å². The molecule has 2 N–H and O–H groups in total. The Morgan fingerprint density at radius 2 is 2.10 bits per heavy atom. The van der Waals surface area contributed by atoms with Crippen LogP contribution in [0.5, 0.6) is 0 Å². The molecule has 0 bridgehead atoms.